The standard InChI is InChI=1S/C23H24N4O3S/c1-3-5-6-12-30-18-10-9-16(13-19(18)29-4-2)14-20-22(28)27-23(31-20)25-21(26-27)17-8-7-11-24-15-17/h7-11,13-15H,3-6,12H2,1-2H3/b20-14-. The summed E-state index contributed by atoms with van der Waals surface area (Å²) in [5, 5.41) is 4.35. The zero-order valence-electron chi connectivity index (χ0n) is 17.6. The molecule has 1 aromatic carbocycles. The maximum Gasteiger partial charge on any atom is 0.291 e. The molecule has 0 aliphatic heterocycles. The number of unbranched alkanes of at least 4 members (excludes halogenated alkanes) is 2. The monoisotopic (exact) mass is 436 g/mol. The third-order valence-electron chi connectivity index (χ3n) is 4.67. The first-order valence-corrected chi connectivity index (χ1v) is 11.2. The lowest BCUT2D eigenvalue weighted by molar-refractivity contribution is 0.271. The van der Waals surface area contributed by atoms with E-state index in [1.807, 2.05) is 43.3 Å². The largest absolute Gasteiger partial charge is 0.490 e. The fourth-order valence-corrected chi connectivity index (χ4v) is 4.05. The summed E-state index contributed by atoms with van der Waals surface area (Å²) in [6.45, 7) is 5.30. The average Bonchev–Trinajstić information content (AvgIpc) is 3.33. The summed E-state index contributed by atoms with van der Waals surface area (Å²) < 4.78 is 13.5. The Labute approximate surface area is 184 Å². The Balaban J connectivity index is 1.63. The number of nitrogens with zero attached hydrogens (tertiary/aromatic N) is 4. The summed E-state index contributed by atoms with van der Waals surface area (Å²) in [5.74, 6) is 1.89. The Bertz CT molecular complexity index is 1270. The molecule has 0 radical (unpaired) electrons. The maximum absolute atomic E-state index is 12.8. The van der Waals surface area contributed by atoms with E-state index >= 15 is 0 Å². The van der Waals surface area contributed by atoms with E-state index in [1.165, 1.54) is 15.9 Å². The Kier molecular flexibility index (Phi) is 6.57. The van der Waals surface area contributed by atoms with Crippen LogP contribution in [0.5, 0.6) is 11.5 Å². The number of benzene rings is 1. The van der Waals surface area contributed by atoms with Gasteiger partial charge in [-0.1, -0.05) is 37.2 Å². The van der Waals surface area contributed by atoms with Gasteiger partial charge in [0, 0.05) is 18.0 Å². The van der Waals surface area contributed by atoms with Crippen LogP contribution < -0.4 is 19.6 Å². The molecule has 0 saturated heterocycles. The van der Waals surface area contributed by atoms with Gasteiger partial charge in [-0.3, -0.25) is 9.78 Å². The molecule has 0 aliphatic carbocycles. The Morgan fingerprint density at radius 1 is 1.13 bits per heavy atom. The first-order chi connectivity index (χ1) is 15.2. The van der Waals surface area contributed by atoms with Crippen LogP contribution in [-0.2, 0) is 0 Å². The van der Waals surface area contributed by atoms with Crippen LogP contribution in [-0.4, -0.2) is 32.8 Å². The van der Waals surface area contributed by atoms with Gasteiger partial charge in [0.05, 0.1) is 17.7 Å². The van der Waals surface area contributed by atoms with Gasteiger partial charge in [-0.2, -0.15) is 9.50 Å². The second-order valence-electron chi connectivity index (χ2n) is 6.98. The predicted molar refractivity (Wildman–Crippen MR) is 122 cm³/mol. The van der Waals surface area contributed by atoms with Crippen LogP contribution in [0.2, 0.25) is 0 Å². The first-order valence-electron chi connectivity index (χ1n) is 10.4. The molecule has 0 saturated carbocycles. The van der Waals surface area contributed by atoms with Gasteiger partial charge >= 0.3 is 0 Å². The SMILES string of the molecule is CCCCCOc1ccc(/C=c2\sc3nc(-c4cccnc4)nn3c2=O)cc1OCC. The van der Waals surface area contributed by atoms with E-state index in [4.69, 9.17) is 9.47 Å². The molecule has 160 valence electrons. The minimum Gasteiger partial charge on any atom is -0.490 e. The number of thiazole rings is 1. The van der Waals surface area contributed by atoms with Gasteiger partial charge in [0.25, 0.3) is 5.56 Å². The molecule has 4 rings (SSSR count). The van der Waals surface area contributed by atoms with Crippen molar-refractivity contribution in [2.75, 3.05) is 13.2 Å². The van der Waals surface area contributed by atoms with Gasteiger partial charge in [-0.15, -0.1) is 5.10 Å². The van der Waals surface area contributed by atoms with Crippen molar-refractivity contribution in [2.24, 2.45) is 0 Å². The normalized spacial score (nSPS) is 11.9. The summed E-state index contributed by atoms with van der Waals surface area (Å²) >= 11 is 1.31. The molecule has 0 N–H and O–H groups in total. The van der Waals surface area contributed by atoms with Crippen molar-refractivity contribution in [2.45, 2.75) is 33.1 Å². The molecule has 0 bridgehead atoms. The molecule has 0 atom stereocenters. The van der Waals surface area contributed by atoms with Crippen molar-refractivity contribution >= 4 is 22.4 Å². The molecular weight excluding hydrogens is 412 g/mol. The Hall–Kier alpha value is -3.26. The zero-order chi connectivity index (χ0) is 21.6. The second kappa shape index (κ2) is 9.70. The average molecular weight is 437 g/mol. The maximum atomic E-state index is 12.8. The van der Waals surface area contributed by atoms with Gasteiger partial charge in [-0.25, -0.2) is 0 Å². The van der Waals surface area contributed by atoms with E-state index in [9.17, 15) is 4.79 Å². The molecular formula is C23H24N4O3S. The lowest BCUT2D eigenvalue weighted by Crippen LogP contribution is -2.23. The number of ether oxygens (including phenoxy) is 2. The highest BCUT2D eigenvalue weighted by Crippen LogP contribution is 2.29. The van der Waals surface area contributed by atoms with Crippen molar-refractivity contribution in [1.82, 2.24) is 19.6 Å². The van der Waals surface area contributed by atoms with E-state index in [-0.39, 0.29) is 5.56 Å². The third kappa shape index (κ3) is 4.74. The number of hydrogen-bond donors (Lipinski definition) is 0. The molecule has 4 aromatic rings. The smallest absolute Gasteiger partial charge is 0.291 e. The summed E-state index contributed by atoms with van der Waals surface area (Å²) in [6.07, 6.45) is 8.49. The topological polar surface area (TPSA) is 78.6 Å². The minimum atomic E-state index is -0.194. The van der Waals surface area contributed by atoms with Crippen LogP contribution in [0.3, 0.4) is 0 Å². The van der Waals surface area contributed by atoms with Crippen molar-refractivity contribution in [3.05, 3.63) is 63.2 Å². The van der Waals surface area contributed by atoms with E-state index in [1.54, 1.807) is 12.4 Å². The Morgan fingerprint density at radius 2 is 2.03 bits per heavy atom. The van der Waals surface area contributed by atoms with E-state index in [0.717, 1.165) is 36.1 Å². The van der Waals surface area contributed by atoms with Crippen LogP contribution in [0, 0.1) is 0 Å². The van der Waals surface area contributed by atoms with Crippen LogP contribution in [0.25, 0.3) is 22.4 Å². The van der Waals surface area contributed by atoms with Gasteiger partial charge in [0.15, 0.2) is 17.3 Å². The molecule has 0 amide bonds. The Morgan fingerprint density at radius 3 is 2.77 bits per heavy atom. The second-order valence-corrected chi connectivity index (χ2v) is 7.99. The highest BCUT2D eigenvalue weighted by molar-refractivity contribution is 7.15. The molecule has 31 heavy (non-hydrogen) atoms. The molecule has 3 heterocycles. The van der Waals surface area contributed by atoms with E-state index in [2.05, 4.69) is 22.0 Å². The van der Waals surface area contributed by atoms with Gasteiger partial charge in [0.2, 0.25) is 4.96 Å². The van der Waals surface area contributed by atoms with Crippen LogP contribution in [0.4, 0.5) is 0 Å². The van der Waals surface area contributed by atoms with Crippen LogP contribution in [0.15, 0.2) is 47.5 Å². The van der Waals surface area contributed by atoms with Crippen LogP contribution in [0.1, 0.15) is 38.7 Å². The molecule has 3 aromatic heterocycles. The van der Waals surface area contributed by atoms with E-state index < -0.39 is 0 Å². The summed E-state index contributed by atoms with van der Waals surface area (Å²) in [6, 6.07) is 9.40. The number of pyridine rings is 1. The molecule has 0 fully saturated rings. The van der Waals surface area contributed by atoms with Crippen molar-refractivity contribution in [3.63, 3.8) is 0 Å². The molecule has 8 heteroatoms. The number of hydrogen-bond acceptors (Lipinski definition) is 7. The number of rotatable bonds is 9. The fourth-order valence-electron chi connectivity index (χ4n) is 3.14. The highest BCUT2D eigenvalue weighted by atomic mass is 32.1. The fraction of sp³-hybridized carbons (Fsp3) is 0.304. The molecule has 7 nitrogen and oxygen atoms in total. The number of aromatic nitrogens is 4. The number of fused-ring (bicyclic) bond motifs is 1. The third-order valence-corrected chi connectivity index (χ3v) is 5.63. The highest BCUT2D eigenvalue weighted by Gasteiger charge is 2.12. The van der Waals surface area contributed by atoms with Gasteiger partial charge in [0.1, 0.15) is 0 Å². The minimum absolute atomic E-state index is 0.194. The zero-order valence-corrected chi connectivity index (χ0v) is 18.4. The lowest BCUT2D eigenvalue weighted by atomic mass is 10.2. The van der Waals surface area contributed by atoms with Gasteiger partial charge < -0.3 is 9.47 Å². The molecule has 0 aliphatic rings. The quantitative estimate of drug-likeness (QED) is 0.372. The summed E-state index contributed by atoms with van der Waals surface area (Å²) in [4.78, 5) is 21.9. The molecule has 0 spiro atoms. The van der Waals surface area contributed by atoms with Crippen molar-refractivity contribution in [3.8, 4) is 22.9 Å². The summed E-state index contributed by atoms with van der Waals surface area (Å²) in [7, 11) is 0. The molecule has 0 unspecified atom stereocenters. The van der Waals surface area contributed by atoms with Crippen LogP contribution >= 0.6 is 11.3 Å². The lowest BCUT2D eigenvalue weighted by Gasteiger charge is -2.12. The van der Waals surface area contributed by atoms with E-state index in [0.29, 0.717) is 34.3 Å². The predicted octanol–water partition coefficient (Wildman–Crippen LogP) is 3.73. The first kappa shape index (κ1) is 21.0. The van der Waals surface area contributed by atoms with Crippen molar-refractivity contribution < 1.29 is 9.47 Å². The van der Waals surface area contributed by atoms with Gasteiger partial charge in [-0.05, 0) is 49.2 Å². The van der Waals surface area contributed by atoms with Crippen molar-refractivity contribution in [1.29, 1.82) is 0 Å². The summed E-state index contributed by atoms with van der Waals surface area (Å²) in [5.41, 5.74) is 1.44.